The van der Waals surface area contributed by atoms with Gasteiger partial charge in [0, 0.05) is 7.11 Å². The van der Waals surface area contributed by atoms with Gasteiger partial charge in [-0.3, -0.25) is 0 Å². The monoisotopic (exact) mass is 182 g/mol. The van der Waals surface area contributed by atoms with Gasteiger partial charge in [-0.05, 0) is 12.1 Å². The van der Waals surface area contributed by atoms with Crippen LogP contribution in [0.4, 0.5) is 11.4 Å². The fraction of sp³-hybridized carbons (Fsp3) is 0.333. The third-order valence-corrected chi connectivity index (χ3v) is 1.64. The maximum Gasteiger partial charge on any atom is 0.144 e. The average molecular weight is 182 g/mol. The lowest BCUT2D eigenvalue weighted by atomic mass is 10.2. The van der Waals surface area contributed by atoms with Crippen molar-refractivity contribution in [3.8, 4) is 5.75 Å². The molecular weight excluding hydrogens is 168 g/mol. The quantitative estimate of drug-likeness (QED) is 0.535. The molecule has 4 heteroatoms. The summed E-state index contributed by atoms with van der Waals surface area (Å²) in [6, 6.07) is 5.31. The molecule has 0 unspecified atom stereocenters. The van der Waals surface area contributed by atoms with Crippen molar-refractivity contribution >= 4 is 11.4 Å². The summed E-state index contributed by atoms with van der Waals surface area (Å²) in [5.41, 5.74) is 12.3. The molecular formula is C9H14N2O2. The van der Waals surface area contributed by atoms with Gasteiger partial charge in [0.15, 0.2) is 0 Å². The first kappa shape index (κ1) is 9.67. The van der Waals surface area contributed by atoms with Crippen LogP contribution >= 0.6 is 0 Å². The Balaban J connectivity index is 2.61. The summed E-state index contributed by atoms with van der Waals surface area (Å²) in [5, 5.41) is 0. The first-order valence-corrected chi connectivity index (χ1v) is 4.01. The molecule has 1 aromatic carbocycles. The van der Waals surface area contributed by atoms with Gasteiger partial charge in [0.25, 0.3) is 0 Å². The van der Waals surface area contributed by atoms with Crippen LogP contribution in [0.1, 0.15) is 0 Å². The van der Waals surface area contributed by atoms with E-state index in [0.29, 0.717) is 30.3 Å². The maximum atomic E-state index is 5.67. The molecule has 0 radical (unpaired) electrons. The smallest absolute Gasteiger partial charge is 0.144 e. The minimum Gasteiger partial charge on any atom is -0.489 e. The fourth-order valence-electron chi connectivity index (χ4n) is 0.922. The first-order valence-electron chi connectivity index (χ1n) is 4.01. The van der Waals surface area contributed by atoms with Gasteiger partial charge in [-0.25, -0.2) is 0 Å². The number of benzene rings is 1. The fourth-order valence-corrected chi connectivity index (χ4v) is 0.922. The van der Waals surface area contributed by atoms with Crippen molar-refractivity contribution in [2.24, 2.45) is 0 Å². The highest BCUT2D eigenvalue weighted by Gasteiger charge is 2.01. The number of para-hydroxylation sites is 1. The summed E-state index contributed by atoms with van der Waals surface area (Å²) in [4.78, 5) is 0. The molecule has 0 fully saturated rings. The number of anilines is 2. The molecule has 4 nitrogen and oxygen atoms in total. The van der Waals surface area contributed by atoms with Gasteiger partial charge in [0.05, 0.1) is 18.0 Å². The molecule has 0 heterocycles. The summed E-state index contributed by atoms with van der Waals surface area (Å²) < 4.78 is 10.2. The summed E-state index contributed by atoms with van der Waals surface area (Å²) in [6.07, 6.45) is 0. The second kappa shape index (κ2) is 4.57. The number of hydrogen-bond acceptors (Lipinski definition) is 4. The molecule has 0 saturated carbocycles. The topological polar surface area (TPSA) is 70.5 Å². The Kier molecular flexibility index (Phi) is 3.40. The van der Waals surface area contributed by atoms with Crippen LogP contribution < -0.4 is 16.2 Å². The Bertz CT molecular complexity index is 276. The van der Waals surface area contributed by atoms with Crippen molar-refractivity contribution in [2.75, 3.05) is 31.8 Å². The van der Waals surface area contributed by atoms with Crippen LogP contribution in [0.3, 0.4) is 0 Å². The van der Waals surface area contributed by atoms with E-state index >= 15 is 0 Å². The lowest BCUT2D eigenvalue weighted by molar-refractivity contribution is 0.147. The third kappa shape index (κ3) is 2.52. The molecule has 0 aliphatic rings. The first-order chi connectivity index (χ1) is 6.25. The van der Waals surface area contributed by atoms with Crippen LogP contribution in [0.25, 0.3) is 0 Å². The predicted octanol–water partition coefficient (Wildman–Crippen LogP) is 0.876. The van der Waals surface area contributed by atoms with E-state index in [1.54, 1.807) is 25.3 Å². The van der Waals surface area contributed by atoms with Gasteiger partial charge in [-0.15, -0.1) is 0 Å². The molecule has 0 bridgehead atoms. The number of ether oxygens (including phenoxy) is 2. The third-order valence-electron chi connectivity index (χ3n) is 1.64. The van der Waals surface area contributed by atoms with E-state index < -0.39 is 0 Å². The summed E-state index contributed by atoms with van der Waals surface area (Å²) in [5.74, 6) is 0.608. The second-order valence-electron chi connectivity index (χ2n) is 2.60. The van der Waals surface area contributed by atoms with Gasteiger partial charge in [0.1, 0.15) is 12.4 Å². The van der Waals surface area contributed by atoms with Gasteiger partial charge < -0.3 is 20.9 Å². The lowest BCUT2D eigenvalue weighted by Gasteiger charge is -2.09. The van der Waals surface area contributed by atoms with Crippen molar-refractivity contribution in [1.82, 2.24) is 0 Å². The van der Waals surface area contributed by atoms with E-state index in [1.807, 2.05) is 0 Å². The van der Waals surface area contributed by atoms with E-state index in [1.165, 1.54) is 0 Å². The van der Waals surface area contributed by atoms with E-state index in [9.17, 15) is 0 Å². The van der Waals surface area contributed by atoms with Gasteiger partial charge >= 0.3 is 0 Å². The van der Waals surface area contributed by atoms with Crippen molar-refractivity contribution in [3.05, 3.63) is 18.2 Å². The van der Waals surface area contributed by atoms with Gasteiger partial charge in [-0.1, -0.05) is 6.07 Å². The molecule has 72 valence electrons. The van der Waals surface area contributed by atoms with Crippen molar-refractivity contribution < 1.29 is 9.47 Å². The summed E-state index contributed by atoms with van der Waals surface area (Å²) >= 11 is 0. The van der Waals surface area contributed by atoms with Gasteiger partial charge in [0.2, 0.25) is 0 Å². The van der Waals surface area contributed by atoms with Crippen LogP contribution in [0.15, 0.2) is 18.2 Å². The molecule has 0 atom stereocenters. The van der Waals surface area contributed by atoms with Crippen molar-refractivity contribution in [1.29, 1.82) is 0 Å². The minimum absolute atomic E-state index is 0.476. The Morgan fingerprint density at radius 1 is 1.23 bits per heavy atom. The molecule has 4 N–H and O–H groups in total. The highest BCUT2D eigenvalue weighted by atomic mass is 16.5. The molecule has 0 saturated heterocycles. The minimum atomic E-state index is 0.476. The standard InChI is InChI=1S/C9H14N2O2/c1-12-5-6-13-8-4-2-3-7(10)9(8)11/h2-4H,5-6,10-11H2,1H3. The number of nitrogen functional groups attached to an aromatic ring is 2. The Morgan fingerprint density at radius 2 is 2.00 bits per heavy atom. The number of hydrogen-bond donors (Lipinski definition) is 2. The highest BCUT2D eigenvalue weighted by Crippen LogP contribution is 2.26. The zero-order chi connectivity index (χ0) is 9.68. The molecule has 0 aromatic heterocycles. The normalized spacial score (nSPS) is 9.92. The number of methoxy groups -OCH3 is 1. The molecule has 1 aromatic rings. The maximum absolute atomic E-state index is 5.67. The molecule has 1 rings (SSSR count). The Morgan fingerprint density at radius 3 is 2.69 bits per heavy atom. The summed E-state index contributed by atoms with van der Waals surface area (Å²) in [6.45, 7) is 1.01. The second-order valence-corrected chi connectivity index (χ2v) is 2.60. The Hall–Kier alpha value is -1.42. The zero-order valence-electron chi connectivity index (χ0n) is 7.62. The van der Waals surface area contributed by atoms with Crippen LogP contribution in [-0.4, -0.2) is 20.3 Å². The van der Waals surface area contributed by atoms with Crippen LogP contribution in [0.2, 0.25) is 0 Å². The number of nitrogens with two attached hydrogens (primary N) is 2. The summed E-state index contributed by atoms with van der Waals surface area (Å²) in [7, 11) is 1.62. The predicted molar refractivity (Wildman–Crippen MR) is 52.6 cm³/mol. The molecule has 0 aliphatic heterocycles. The SMILES string of the molecule is COCCOc1cccc(N)c1N. The van der Waals surface area contributed by atoms with Crippen LogP contribution in [-0.2, 0) is 4.74 Å². The van der Waals surface area contributed by atoms with E-state index in [-0.39, 0.29) is 0 Å². The van der Waals surface area contributed by atoms with Crippen LogP contribution in [0, 0.1) is 0 Å². The largest absolute Gasteiger partial charge is 0.489 e. The Labute approximate surface area is 77.4 Å². The molecule has 0 amide bonds. The van der Waals surface area contributed by atoms with Crippen molar-refractivity contribution in [2.45, 2.75) is 0 Å². The van der Waals surface area contributed by atoms with Crippen molar-refractivity contribution in [3.63, 3.8) is 0 Å². The molecule has 13 heavy (non-hydrogen) atoms. The highest BCUT2D eigenvalue weighted by molar-refractivity contribution is 5.70. The van der Waals surface area contributed by atoms with E-state index in [0.717, 1.165) is 0 Å². The number of rotatable bonds is 4. The van der Waals surface area contributed by atoms with Crippen LogP contribution in [0.5, 0.6) is 5.75 Å². The van der Waals surface area contributed by atoms with E-state index in [4.69, 9.17) is 20.9 Å². The lowest BCUT2D eigenvalue weighted by Crippen LogP contribution is -2.06. The zero-order valence-corrected chi connectivity index (χ0v) is 7.62. The van der Waals surface area contributed by atoms with Gasteiger partial charge in [-0.2, -0.15) is 0 Å². The van der Waals surface area contributed by atoms with E-state index in [2.05, 4.69) is 0 Å². The average Bonchev–Trinajstić information content (AvgIpc) is 2.13. The molecule has 0 aliphatic carbocycles. The molecule has 0 spiro atoms.